The molecule has 1 N–H and O–H groups in total. The van der Waals surface area contributed by atoms with Gasteiger partial charge < -0.3 is 10.1 Å². The topological polar surface area (TPSA) is 62.1 Å². The monoisotopic (exact) mass is 440 g/mol. The highest BCUT2D eigenvalue weighted by atomic mass is 79.9. The summed E-state index contributed by atoms with van der Waals surface area (Å²) in [5.74, 6) is 0.357. The van der Waals surface area contributed by atoms with E-state index in [1.165, 1.54) is 11.3 Å². The molecule has 0 unspecified atom stereocenters. The lowest BCUT2D eigenvalue weighted by Crippen LogP contribution is -2.20. The van der Waals surface area contributed by atoms with E-state index in [9.17, 15) is 10.1 Å². The fraction of sp³-hybridized carbons (Fsp3) is 0.143. The zero-order valence-electron chi connectivity index (χ0n) is 14.9. The predicted octanol–water partition coefficient (Wildman–Crippen LogP) is 5.68. The summed E-state index contributed by atoms with van der Waals surface area (Å²) in [7, 11) is 0. The zero-order valence-corrected chi connectivity index (χ0v) is 17.3. The summed E-state index contributed by atoms with van der Waals surface area (Å²) in [4.78, 5) is 13.3. The fourth-order valence-corrected chi connectivity index (χ4v) is 4.29. The second-order valence-corrected chi connectivity index (χ2v) is 8.10. The van der Waals surface area contributed by atoms with E-state index in [1.54, 1.807) is 0 Å². The Bertz CT molecular complexity index is 1020. The highest BCUT2D eigenvalue weighted by Crippen LogP contribution is 2.39. The Kier molecular flexibility index (Phi) is 5.94. The van der Waals surface area contributed by atoms with Crippen LogP contribution < -0.4 is 10.1 Å². The van der Waals surface area contributed by atoms with E-state index in [1.807, 2.05) is 62.4 Å². The summed E-state index contributed by atoms with van der Waals surface area (Å²) in [5.41, 5.74) is 3.25. The number of thiophene rings is 1. The Balaban J connectivity index is 1.76. The van der Waals surface area contributed by atoms with Crippen molar-refractivity contribution in [3.8, 4) is 22.9 Å². The van der Waals surface area contributed by atoms with Crippen LogP contribution in [-0.4, -0.2) is 12.5 Å². The maximum absolute atomic E-state index is 12.3. The Morgan fingerprint density at radius 1 is 1.22 bits per heavy atom. The van der Waals surface area contributed by atoms with Crippen molar-refractivity contribution < 1.29 is 9.53 Å². The van der Waals surface area contributed by atoms with E-state index in [0.29, 0.717) is 16.3 Å². The number of ether oxygens (including phenoxy) is 1. The number of anilines is 1. The molecule has 0 aliphatic rings. The van der Waals surface area contributed by atoms with Crippen molar-refractivity contribution in [2.24, 2.45) is 0 Å². The van der Waals surface area contributed by atoms with Crippen LogP contribution in [-0.2, 0) is 4.79 Å². The van der Waals surface area contributed by atoms with Gasteiger partial charge in [0.15, 0.2) is 6.61 Å². The predicted molar refractivity (Wildman–Crippen MR) is 112 cm³/mol. The summed E-state index contributed by atoms with van der Waals surface area (Å²) < 4.78 is 6.57. The Morgan fingerprint density at radius 3 is 2.63 bits per heavy atom. The van der Waals surface area contributed by atoms with E-state index in [0.717, 1.165) is 26.0 Å². The molecule has 1 heterocycles. The van der Waals surface area contributed by atoms with Gasteiger partial charge >= 0.3 is 0 Å². The average Bonchev–Trinajstić information content (AvgIpc) is 2.96. The lowest BCUT2D eigenvalue weighted by atomic mass is 10.0. The molecule has 1 aromatic heterocycles. The molecule has 6 heteroatoms. The Labute approximate surface area is 170 Å². The van der Waals surface area contributed by atoms with Crippen LogP contribution in [0.1, 0.15) is 16.0 Å². The Morgan fingerprint density at radius 2 is 1.96 bits per heavy atom. The number of benzene rings is 2. The van der Waals surface area contributed by atoms with Gasteiger partial charge in [-0.25, -0.2) is 0 Å². The zero-order chi connectivity index (χ0) is 19.4. The van der Waals surface area contributed by atoms with Gasteiger partial charge in [-0.05, 0) is 43.2 Å². The number of nitrogens with one attached hydrogen (secondary N) is 1. The third-order valence-electron chi connectivity index (χ3n) is 4.01. The average molecular weight is 441 g/mol. The number of amides is 1. The molecule has 0 aliphatic heterocycles. The molecule has 0 bridgehead atoms. The molecular weight excluding hydrogens is 424 g/mol. The van der Waals surface area contributed by atoms with Crippen LogP contribution in [0, 0.1) is 25.2 Å². The van der Waals surface area contributed by atoms with Crippen LogP contribution in [0.5, 0.6) is 5.75 Å². The number of hydrogen-bond donors (Lipinski definition) is 1. The van der Waals surface area contributed by atoms with E-state index in [2.05, 4.69) is 27.3 Å². The largest absolute Gasteiger partial charge is 0.483 e. The van der Waals surface area contributed by atoms with Gasteiger partial charge in [-0.15, -0.1) is 11.3 Å². The van der Waals surface area contributed by atoms with Gasteiger partial charge in [-0.3, -0.25) is 4.79 Å². The van der Waals surface area contributed by atoms with Crippen molar-refractivity contribution in [3.05, 3.63) is 69.0 Å². The number of carbonyl (C=O) groups is 1. The summed E-state index contributed by atoms with van der Waals surface area (Å²) >= 11 is 4.80. The minimum atomic E-state index is -0.297. The third-order valence-corrected chi connectivity index (χ3v) is 5.52. The van der Waals surface area contributed by atoms with Gasteiger partial charge in [0.2, 0.25) is 0 Å². The number of halogens is 1. The number of nitrogens with zero attached hydrogens (tertiary/aromatic N) is 1. The number of hydrogen-bond acceptors (Lipinski definition) is 4. The maximum Gasteiger partial charge on any atom is 0.262 e. The van der Waals surface area contributed by atoms with Crippen LogP contribution in [0.3, 0.4) is 0 Å². The maximum atomic E-state index is 12.3. The first-order valence-corrected chi connectivity index (χ1v) is 9.88. The molecule has 3 aromatic rings. The molecule has 1 amide bonds. The number of carbonyl (C=O) groups excluding carboxylic acids is 1. The second kappa shape index (κ2) is 8.38. The van der Waals surface area contributed by atoms with Crippen molar-refractivity contribution in [2.45, 2.75) is 13.8 Å². The summed E-state index contributed by atoms with van der Waals surface area (Å²) in [6.45, 7) is 3.75. The molecule has 0 saturated carbocycles. The van der Waals surface area contributed by atoms with E-state index in [4.69, 9.17) is 4.74 Å². The van der Waals surface area contributed by atoms with Crippen molar-refractivity contribution in [3.63, 3.8) is 0 Å². The van der Waals surface area contributed by atoms with Crippen molar-refractivity contribution in [1.29, 1.82) is 5.26 Å². The standard InChI is InChI=1S/C21H17BrN2O2S/c1-13-10-16(22)8-9-18(13)26-12-19(25)24-21-17(11-23)20(14(2)27-21)15-6-4-3-5-7-15/h3-10H,12H2,1-2H3,(H,24,25). The molecule has 2 aromatic carbocycles. The number of aryl methyl sites for hydroxylation is 2. The SMILES string of the molecule is Cc1cc(Br)ccc1OCC(=O)Nc1sc(C)c(-c2ccccc2)c1C#N. The minimum absolute atomic E-state index is 0.120. The first kappa shape index (κ1) is 19.2. The van der Waals surface area contributed by atoms with Crippen LogP contribution in [0.15, 0.2) is 53.0 Å². The molecule has 0 spiro atoms. The third kappa shape index (κ3) is 4.38. The van der Waals surface area contributed by atoms with E-state index < -0.39 is 0 Å². The van der Waals surface area contributed by atoms with Crippen molar-refractivity contribution >= 4 is 38.2 Å². The van der Waals surface area contributed by atoms with Gasteiger partial charge in [0.05, 0.1) is 5.56 Å². The second-order valence-electron chi connectivity index (χ2n) is 5.96. The van der Waals surface area contributed by atoms with Gasteiger partial charge in [0, 0.05) is 14.9 Å². The molecule has 0 fully saturated rings. The summed E-state index contributed by atoms with van der Waals surface area (Å²) in [6, 6.07) is 17.5. The molecule has 136 valence electrons. The lowest BCUT2D eigenvalue weighted by molar-refractivity contribution is -0.118. The first-order valence-electron chi connectivity index (χ1n) is 8.27. The smallest absolute Gasteiger partial charge is 0.262 e. The lowest BCUT2D eigenvalue weighted by Gasteiger charge is -2.09. The molecule has 27 heavy (non-hydrogen) atoms. The minimum Gasteiger partial charge on any atom is -0.483 e. The highest BCUT2D eigenvalue weighted by molar-refractivity contribution is 9.10. The number of nitriles is 1. The van der Waals surface area contributed by atoms with E-state index in [-0.39, 0.29) is 12.5 Å². The normalized spacial score (nSPS) is 10.3. The molecule has 0 saturated heterocycles. The van der Waals surface area contributed by atoms with Gasteiger partial charge in [0.25, 0.3) is 5.91 Å². The number of rotatable bonds is 5. The van der Waals surface area contributed by atoms with E-state index >= 15 is 0 Å². The van der Waals surface area contributed by atoms with Gasteiger partial charge in [0.1, 0.15) is 16.8 Å². The van der Waals surface area contributed by atoms with Crippen molar-refractivity contribution in [2.75, 3.05) is 11.9 Å². The molecule has 0 atom stereocenters. The summed E-state index contributed by atoms with van der Waals surface area (Å²) in [6.07, 6.45) is 0. The van der Waals surface area contributed by atoms with Crippen LogP contribution in [0.25, 0.3) is 11.1 Å². The van der Waals surface area contributed by atoms with Gasteiger partial charge in [-0.1, -0.05) is 46.3 Å². The molecule has 4 nitrogen and oxygen atoms in total. The Hall–Kier alpha value is -2.62. The molecule has 0 radical (unpaired) electrons. The van der Waals surface area contributed by atoms with Crippen LogP contribution in [0.2, 0.25) is 0 Å². The molecule has 3 rings (SSSR count). The quantitative estimate of drug-likeness (QED) is 0.554. The fourth-order valence-electron chi connectivity index (χ4n) is 2.77. The van der Waals surface area contributed by atoms with Crippen LogP contribution >= 0.6 is 27.3 Å². The van der Waals surface area contributed by atoms with Gasteiger partial charge in [-0.2, -0.15) is 5.26 Å². The first-order chi connectivity index (χ1) is 13.0. The molecule has 0 aliphatic carbocycles. The van der Waals surface area contributed by atoms with Crippen LogP contribution in [0.4, 0.5) is 5.00 Å². The molecular formula is C21H17BrN2O2S. The summed E-state index contributed by atoms with van der Waals surface area (Å²) in [5, 5.41) is 13.0. The van der Waals surface area contributed by atoms with Crippen molar-refractivity contribution in [1.82, 2.24) is 0 Å². The highest BCUT2D eigenvalue weighted by Gasteiger charge is 2.19.